The Bertz CT molecular complexity index is 313. The van der Waals surface area contributed by atoms with Gasteiger partial charge in [0.25, 0.3) is 0 Å². The largest absolute Gasteiger partial charge is 0.314 e. The van der Waals surface area contributed by atoms with Crippen molar-refractivity contribution in [3.63, 3.8) is 0 Å². The van der Waals surface area contributed by atoms with Gasteiger partial charge in [-0.15, -0.1) is 0 Å². The molecule has 0 amide bonds. The summed E-state index contributed by atoms with van der Waals surface area (Å²) in [6, 6.07) is 12.2. The highest BCUT2D eigenvalue weighted by Gasteiger charge is 2.23. The van der Waals surface area contributed by atoms with Gasteiger partial charge < -0.3 is 5.32 Å². The van der Waals surface area contributed by atoms with Gasteiger partial charge in [-0.05, 0) is 38.8 Å². The Hall–Kier alpha value is -0.860. The maximum absolute atomic E-state index is 3.48. The van der Waals surface area contributed by atoms with Crippen molar-refractivity contribution in [2.24, 2.45) is 0 Å². The lowest BCUT2D eigenvalue weighted by atomic mass is 10.1. The average Bonchev–Trinajstić information content (AvgIpc) is 2.34. The normalized spacial score (nSPS) is 26.0. The Balaban J connectivity index is 1.77. The summed E-state index contributed by atoms with van der Waals surface area (Å²) in [4.78, 5) is 2.64. The Morgan fingerprint density at radius 1 is 1.12 bits per heavy atom. The standard InChI is InChI=1S/C15H24N2/c1-13-11-16-12-14(2)17(13)10-6-9-15-7-4-3-5-8-15/h3-5,7-8,13-14,16H,6,9-12H2,1-2H3. The van der Waals surface area contributed by atoms with E-state index in [0.29, 0.717) is 12.1 Å². The van der Waals surface area contributed by atoms with Crippen LogP contribution in [0.4, 0.5) is 0 Å². The zero-order valence-corrected chi connectivity index (χ0v) is 11.0. The molecule has 2 nitrogen and oxygen atoms in total. The van der Waals surface area contributed by atoms with Crippen LogP contribution in [-0.2, 0) is 6.42 Å². The van der Waals surface area contributed by atoms with Crippen LogP contribution in [0.2, 0.25) is 0 Å². The first-order valence-electron chi connectivity index (χ1n) is 6.78. The second-order valence-corrected chi connectivity index (χ2v) is 5.18. The van der Waals surface area contributed by atoms with Gasteiger partial charge in [0.15, 0.2) is 0 Å². The Labute approximate surface area is 105 Å². The molecule has 2 heteroatoms. The molecule has 1 saturated heterocycles. The summed E-state index contributed by atoms with van der Waals surface area (Å²) in [7, 11) is 0. The summed E-state index contributed by atoms with van der Waals surface area (Å²) in [6.45, 7) is 8.14. The molecule has 2 unspecified atom stereocenters. The van der Waals surface area contributed by atoms with Crippen LogP contribution in [0.5, 0.6) is 0 Å². The van der Waals surface area contributed by atoms with Crippen molar-refractivity contribution >= 4 is 0 Å². The molecule has 17 heavy (non-hydrogen) atoms. The van der Waals surface area contributed by atoms with Crippen molar-refractivity contribution in [1.29, 1.82) is 0 Å². The fraction of sp³-hybridized carbons (Fsp3) is 0.600. The number of piperazine rings is 1. The van der Waals surface area contributed by atoms with Gasteiger partial charge in [0.2, 0.25) is 0 Å². The van der Waals surface area contributed by atoms with Crippen LogP contribution in [0.15, 0.2) is 30.3 Å². The zero-order chi connectivity index (χ0) is 12.1. The average molecular weight is 232 g/mol. The molecule has 94 valence electrons. The third kappa shape index (κ3) is 3.55. The van der Waals surface area contributed by atoms with Gasteiger partial charge in [0, 0.05) is 25.2 Å². The van der Waals surface area contributed by atoms with Crippen LogP contribution in [0.3, 0.4) is 0 Å². The van der Waals surface area contributed by atoms with Crippen LogP contribution in [0.1, 0.15) is 25.8 Å². The van der Waals surface area contributed by atoms with E-state index in [1.54, 1.807) is 0 Å². The van der Waals surface area contributed by atoms with Gasteiger partial charge in [-0.2, -0.15) is 0 Å². The lowest BCUT2D eigenvalue weighted by Crippen LogP contribution is -2.55. The molecule has 1 heterocycles. The first-order valence-corrected chi connectivity index (χ1v) is 6.78. The van der Waals surface area contributed by atoms with Gasteiger partial charge in [0.1, 0.15) is 0 Å². The quantitative estimate of drug-likeness (QED) is 0.857. The predicted molar refractivity (Wildman–Crippen MR) is 73.3 cm³/mol. The smallest absolute Gasteiger partial charge is 0.0195 e. The van der Waals surface area contributed by atoms with E-state index in [1.807, 2.05) is 0 Å². The molecule has 0 saturated carbocycles. The van der Waals surface area contributed by atoms with Crippen molar-refractivity contribution in [3.8, 4) is 0 Å². The van der Waals surface area contributed by atoms with Gasteiger partial charge in [-0.1, -0.05) is 30.3 Å². The number of hydrogen-bond donors (Lipinski definition) is 1. The van der Waals surface area contributed by atoms with Crippen LogP contribution in [0, 0.1) is 0 Å². The minimum atomic E-state index is 0.675. The summed E-state index contributed by atoms with van der Waals surface area (Å²) >= 11 is 0. The van der Waals surface area contributed by atoms with Crippen molar-refractivity contribution in [1.82, 2.24) is 10.2 Å². The fourth-order valence-corrected chi connectivity index (χ4v) is 2.72. The van der Waals surface area contributed by atoms with Crippen LogP contribution >= 0.6 is 0 Å². The molecule has 0 bridgehead atoms. The zero-order valence-electron chi connectivity index (χ0n) is 11.0. The molecule has 0 aliphatic carbocycles. The number of nitrogens with one attached hydrogen (secondary N) is 1. The van der Waals surface area contributed by atoms with Crippen molar-refractivity contribution < 1.29 is 0 Å². The number of hydrogen-bond acceptors (Lipinski definition) is 2. The summed E-state index contributed by atoms with van der Waals surface area (Å²) < 4.78 is 0. The number of nitrogens with zero attached hydrogens (tertiary/aromatic N) is 1. The summed E-state index contributed by atoms with van der Waals surface area (Å²) in [5.74, 6) is 0. The molecule has 2 rings (SSSR count). The maximum atomic E-state index is 3.48. The molecule has 1 fully saturated rings. The molecular formula is C15H24N2. The first kappa shape index (κ1) is 12.6. The van der Waals surface area contributed by atoms with E-state index in [-0.39, 0.29) is 0 Å². The lowest BCUT2D eigenvalue weighted by molar-refractivity contribution is 0.115. The van der Waals surface area contributed by atoms with E-state index in [0.717, 1.165) is 13.1 Å². The second kappa shape index (κ2) is 6.18. The number of rotatable bonds is 4. The van der Waals surface area contributed by atoms with Crippen LogP contribution < -0.4 is 5.32 Å². The van der Waals surface area contributed by atoms with E-state index in [1.165, 1.54) is 24.9 Å². The molecule has 0 radical (unpaired) electrons. The predicted octanol–water partition coefficient (Wildman–Crippen LogP) is 2.30. The summed E-state index contributed by atoms with van der Waals surface area (Å²) in [6.07, 6.45) is 2.46. The number of aryl methyl sites for hydroxylation is 1. The van der Waals surface area contributed by atoms with Crippen molar-refractivity contribution in [3.05, 3.63) is 35.9 Å². The van der Waals surface area contributed by atoms with E-state index in [4.69, 9.17) is 0 Å². The van der Waals surface area contributed by atoms with Crippen molar-refractivity contribution in [2.45, 2.75) is 38.8 Å². The Morgan fingerprint density at radius 2 is 1.76 bits per heavy atom. The van der Waals surface area contributed by atoms with E-state index in [9.17, 15) is 0 Å². The summed E-state index contributed by atoms with van der Waals surface area (Å²) in [5, 5.41) is 3.48. The van der Waals surface area contributed by atoms with Gasteiger partial charge in [-0.3, -0.25) is 4.90 Å². The van der Waals surface area contributed by atoms with Gasteiger partial charge >= 0.3 is 0 Å². The molecule has 2 atom stereocenters. The highest BCUT2D eigenvalue weighted by Crippen LogP contribution is 2.11. The first-order chi connectivity index (χ1) is 8.27. The highest BCUT2D eigenvalue weighted by molar-refractivity contribution is 5.14. The fourth-order valence-electron chi connectivity index (χ4n) is 2.72. The van der Waals surface area contributed by atoms with Crippen LogP contribution in [0.25, 0.3) is 0 Å². The molecule has 0 spiro atoms. The van der Waals surface area contributed by atoms with Gasteiger partial charge in [-0.25, -0.2) is 0 Å². The van der Waals surface area contributed by atoms with Crippen molar-refractivity contribution in [2.75, 3.05) is 19.6 Å². The van der Waals surface area contributed by atoms with Gasteiger partial charge in [0.05, 0.1) is 0 Å². The maximum Gasteiger partial charge on any atom is 0.0195 e. The molecule has 1 aliphatic heterocycles. The lowest BCUT2D eigenvalue weighted by Gasteiger charge is -2.39. The Kier molecular flexibility index (Phi) is 4.57. The molecule has 1 aliphatic rings. The third-order valence-electron chi connectivity index (χ3n) is 3.74. The third-order valence-corrected chi connectivity index (χ3v) is 3.74. The summed E-state index contributed by atoms with van der Waals surface area (Å²) in [5.41, 5.74) is 1.46. The highest BCUT2D eigenvalue weighted by atomic mass is 15.2. The van der Waals surface area contributed by atoms with E-state index in [2.05, 4.69) is 54.4 Å². The molecule has 1 aromatic carbocycles. The van der Waals surface area contributed by atoms with Crippen LogP contribution in [-0.4, -0.2) is 36.6 Å². The van der Waals surface area contributed by atoms with E-state index >= 15 is 0 Å². The Morgan fingerprint density at radius 3 is 2.41 bits per heavy atom. The topological polar surface area (TPSA) is 15.3 Å². The molecule has 1 aromatic rings. The second-order valence-electron chi connectivity index (χ2n) is 5.18. The minimum Gasteiger partial charge on any atom is -0.314 e. The molecule has 0 aromatic heterocycles. The van der Waals surface area contributed by atoms with E-state index < -0.39 is 0 Å². The number of benzene rings is 1. The molecule has 1 N–H and O–H groups in total. The SMILES string of the molecule is CC1CNCC(C)N1CCCc1ccccc1. The monoisotopic (exact) mass is 232 g/mol. The minimum absolute atomic E-state index is 0.675. The molecular weight excluding hydrogens is 208 g/mol.